The zero-order valence-corrected chi connectivity index (χ0v) is 9.71. The van der Waals surface area contributed by atoms with Crippen molar-refractivity contribution < 1.29 is 4.79 Å². The van der Waals surface area contributed by atoms with Crippen LogP contribution >= 0.6 is 0 Å². The van der Waals surface area contributed by atoms with Gasteiger partial charge < -0.3 is 5.73 Å². The number of rotatable bonds is 4. The number of Topliss-reactive ketones (excluding diaryl/α,β-unsaturated/α-hetero) is 1. The van der Waals surface area contributed by atoms with Crippen LogP contribution < -0.4 is 5.73 Å². The molecule has 15 heavy (non-hydrogen) atoms. The number of hydrogen-bond acceptors (Lipinski definition) is 2. The molecule has 1 rings (SSSR count). The molecule has 0 bridgehead atoms. The molecule has 2 N–H and O–H groups in total. The molecular weight excluding hydrogens is 186 g/mol. The topological polar surface area (TPSA) is 43.1 Å². The number of nitrogen functional groups attached to an aromatic ring is 1. The predicted octanol–water partition coefficient (Wildman–Crippen LogP) is 3.20. The summed E-state index contributed by atoms with van der Waals surface area (Å²) in [7, 11) is 0. The Morgan fingerprint density at radius 1 is 1.47 bits per heavy atom. The summed E-state index contributed by atoms with van der Waals surface area (Å²) < 4.78 is 0. The van der Waals surface area contributed by atoms with E-state index in [1.54, 1.807) is 6.07 Å². The van der Waals surface area contributed by atoms with Crippen LogP contribution in [0.1, 0.15) is 42.6 Å². The molecule has 0 aromatic heterocycles. The Labute approximate surface area is 91.5 Å². The molecule has 0 radical (unpaired) electrons. The SMILES string of the molecule is CCC(C)CC(=O)c1ccc(N)c(C)c1. The van der Waals surface area contributed by atoms with Crippen LogP contribution in [0.25, 0.3) is 0 Å². The standard InChI is InChI=1S/C13H19NO/c1-4-9(2)7-13(15)11-5-6-12(14)10(3)8-11/h5-6,8-9H,4,7,14H2,1-3H3. The Hall–Kier alpha value is -1.31. The fraction of sp³-hybridized carbons (Fsp3) is 0.462. The van der Waals surface area contributed by atoms with Crippen LogP contribution in [0.15, 0.2) is 18.2 Å². The van der Waals surface area contributed by atoms with E-state index in [0.717, 1.165) is 23.2 Å². The van der Waals surface area contributed by atoms with Gasteiger partial charge in [0.2, 0.25) is 0 Å². The number of carbonyl (C=O) groups is 1. The minimum atomic E-state index is 0.215. The van der Waals surface area contributed by atoms with Crippen LogP contribution in [0.4, 0.5) is 5.69 Å². The van der Waals surface area contributed by atoms with Gasteiger partial charge in [0.15, 0.2) is 5.78 Å². The van der Waals surface area contributed by atoms with Crippen molar-refractivity contribution in [3.05, 3.63) is 29.3 Å². The molecule has 0 heterocycles. The minimum absolute atomic E-state index is 0.215. The lowest BCUT2D eigenvalue weighted by Gasteiger charge is -2.08. The monoisotopic (exact) mass is 205 g/mol. The molecule has 1 aromatic rings. The molecule has 0 saturated heterocycles. The largest absolute Gasteiger partial charge is 0.399 e. The first-order valence-electron chi connectivity index (χ1n) is 5.44. The number of aryl methyl sites for hydroxylation is 1. The molecule has 0 fully saturated rings. The second-order valence-electron chi connectivity index (χ2n) is 4.21. The molecule has 0 spiro atoms. The van der Waals surface area contributed by atoms with Crippen molar-refractivity contribution >= 4 is 11.5 Å². The first-order chi connectivity index (χ1) is 7.04. The Morgan fingerprint density at radius 2 is 2.13 bits per heavy atom. The summed E-state index contributed by atoms with van der Waals surface area (Å²) in [4.78, 5) is 11.8. The van der Waals surface area contributed by atoms with Crippen LogP contribution in [0.3, 0.4) is 0 Å². The smallest absolute Gasteiger partial charge is 0.163 e. The molecule has 2 nitrogen and oxygen atoms in total. The van der Waals surface area contributed by atoms with Gasteiger partial charge >= 0.3 is 0 Å². The van der Waals surface area contributed by atoms with E-state index in [4.69, 9.17) is 5.73 Å². The minimum Gasteiger partial charge on any atom is -0.399 e. The van der Waals surface area contributed by atoms with Gasteiger partial charge in [-0.3, -0.25) is 4.79 Å². The summed E-state index contributed by atoms with van der Waals surface area (Å²) in [5, 5.41) is 0. The maximum Gasteiger partial charge on any atom is 0.163 e. The zero-order valence-electron chi connectivity index (χ0n) is 9.71. The molecular formula is C13H19NO. The highest BCUT2D eigenvalue weighted by molar-refractivity contribution is 5.96. The fourth-order valence-corrected chi connectivity index (χ4v) is 1.43. The third-order valence-corrected chi connectivity index (χ3v) is 2.82. The molecule has 1 unspecified atom stereocenters. The van der Waals surface area contributed by atoms with Crippen molar-refractivity contribution in [3.8, 4) is 0 Å². The van der Waals surface area contributed by atoms with E-state index in [9.17, 15) is 4.79 Å². The quantitative estimate of drug-likeness (QED) is 0.606. The van der Waals surface area contributed by atoms with Crippen LogP contribution in [-0.4, -0.2) is 5.78 Å². The molecule has 0 amide bonds. The lowest BCUT2D eigenvalue weighted by atomic mass is 9.97. The van der Waals surface area contributed by atoms with Gasteiger partial charge in [0, 0.05) is 17.7 Å². The molecule has 0 aliphatic carbocycles. The lowest BCUT2D eigenvalue weighted by molar-refractivity contribution is 0.0963. The number of carbonyl (C=O) groups excluding carboxylic acids is 1. The van der Waals surface area contributed by atoms with E-state index in [-0.39, 0.29) is 5.78 Å². The second kappa shape index (κ2) is 4.96. The lowest BCUT2D eigenvalue weighted by Crippen LogP contribution is -2.06. The molecule has 0 saturated carbocycles. The number of hydrogen-bond donors (Lipinski definition) is 1. The van der Waals surface area contributed by atoms with E-state index >= 15 is 0 Å². The third-order valence-electron chi connectivity index (χ3n) is 2.82. The summed E-state index contributed by atoms with van der Waals surface area (Å²) in [5.74, 6) is 0.669. The second-order valence-corrected chi connectivity index (χ2v) is 4.21. The number of anilines is 1. The van der Waals surface area contributed by atoms with Gasteiger partial charge in [0.1, 0.15) is 0 Å². The van der Waals surface area contributed by atoms with E-state index in [0.29, 0.717) is 12.3 Å². The summed E-state index contributed by atoms with van der Waals surface area (Å²) in [6.45, 7) is 6.13. The highest BCUT2D eigenvalue weighted by Crippen LogP contribution is 2.17. The number of nitrogens with two attached hydrogens (primary N) is 1. The average molecular weight is 205 g/mol. The van der Waals surface area contributed by atoms with E-state index in [1.165, 1.54) is 0 Å². The average Bonchev–Trinajstić information content (AvgIpc) is 2.21. The molecule has 0 aliphatic heterocycles. The van der Waals surface area contributed by atoms with Crippen molar-refractivity contribution in [1.82, 2.24) is 0 Å². The van der Waals surface area contributed by atoms with E-state index in [1.807, 2.05) is 19.1 Å². The normalized spacial score (nSPS) is 12.5. The molecule has 1 atom stereocenters. The van der Waals surface area contributed by atoms with Crippen LogP contribution in [0, 0.1) is 12.8 Å². The van der Waals surface area contributed by atoms with Crippen molar-refractivity contribution in [1.29, 1.82) is 0 Å². The molecule has 82 valence electrons. The zero-order chi connectivity index (χ0) is 11.4. The number of benzene rings is 1. The summed E-state index contributed by atoms with van der Waals surface area (Å²) in [5.41, 5.74) is 8.21. The van der Waals surface area contributed by atoms with E-state index in [2.05, 4.69) is 13.8 Å². The van der Waals surface area contributed by atoms with Gasteiger partial charge in [-0.2, -0.15) is 0 Å². The highest BCUT2D eigenvalue weighted by atomic mass is 16.1. The number of ketones is 1. The van der Waals surface area contributed by atoms with Crippen molar-refractivity contribution in [3.63, 3.8) is 0 Å². The van der Waals surface area contributed by atoms with Gasteiger partial charge in [0.25, 0.3) is 0 Å². The first kappa shape index (κ1) is 11.8. The Bertz CT molecular complexity index is 358. The van der Waals surface area contributed by atoms with Crippen LogP contribution in [0.5, 0.6) is 0 Å². The predicted molar refractivity (Wildman–Crippen MR) is 64.0 cm³/mol. The molecule has 1 aromatic carbocycles. The van der Waals surface area contributed by atoms with Gasteiger partial charge in [-0.05, 0) is 36.6 Å². The van der Waals surface area contributed by atoms with Crippen molar-refractivity contribution in [2.45, 2.75) is 33.6 Å². The third kappa shape index (κ3) is 3.08. The van der Waals surface area contributed by atoms with E-state index < -0.39 is 0 Å². The highest BCUT2D eigenvalue weighted by Gasteiger charge is 2.10. The van der Waals surface area contributed by atoms with Crippen LogP contribution in [-0.2, 0) is 0 Å². The van der Waals surface area contributed by atoms with Crippen molar-refractivity contribution in [2.24, 2.45) is 5.92 Å². The van der Waals surface area contributed by atoms with Crippen molar-refractivity contribution in [2.75, 3.05) is 5.73 Å². The van der Waals surface area contributed by atoms with Gasteiger partial charge in [-0.25, -0.2) is 0 Å². The maximum absolute atomic E-state index is 11.8. The summed E-state index contributed by atoms with van der Waals surface area (Å²) in [6, 6.07) is 5.49. The van der Waals surface area contributed by atoms with Gasteiger partial charge in [-0.1, -0.05) is 20.3 Å². The Morgan fingerprint density at radius 3 is 2.67 bits per heavy atom. The van der Waals surface area contributed by atoms with Crippen LogP contribution in [0.2, 0.25) is 0 Å². The summed E-state index contributed by atoms with van der Waals surface area (Å²) >= 11 is 0. The van der Waals surface area contributed by atoms with Gasteiger partial charge in [0.05, 0.1) is 0 Å². The Balaban J connectivity index is 2.78. The van der Waals surface area contributed by atoms with Gasteiger partial charge in [-0.15, -0.1) is 0 Å². The first-order valence-corrected chi connectivity index (χ1v) is 5.44. The molecule has 0 aliphatic rings. The molecule has 2 heteroatoms. The Kier molecular flexibility index (Phi) is 3.89. The maximum atomic E-state index is 11.8. The fourth-order valence-electron chi connectivity index (χ4n) is 1.43. The summed E-state index contributed by atoms with van der Waals surface area (Å²) in [6.07, 6.45) is 1.67.